The van der Waals surface area contributed by atoms with Crippen LogP contribution in [0.2, 0.25) is 0 Å². The molecule has 0 saturated carbocycles. The summed E-state index contributed by atoms with van der Waals surface area (Å²) in [4.78, 5) is 26.7. The molecule has 1 aromatic heterocycles. The average Bonchev–Trinajstić information content (AvgIpc) is 2.74. The van der Waals surface area contributed by atoms with Crippen molar-refractivity contribution in [1.29, 1.82) is 0 Å². The first kappa shape index (κ1) is 14.2. The number of H-pyrrole nitrogens is 1. The van der Waals surface area contributed by atoms with Gasteiger partial charge >= 0.3 is 5.69 Å². The standard InChI is InChI=1S/C11H12BrFN2O4/c12-2-1-6-4-15(11(18)14-9(6)17)10-8(13)3-7(5-16)19-10/h1-2,4,7-8,10,16H,3,5H2,(H,14,17,18)/t7-,8+,10+/m0/s1. The van der Waals surface area contributed by atoms with Crippen molar-refractivity contribution in [1.82, 2.24) is 9.55 Å². The van der Waals surface area contributed by atoms with Crippen molar-refractivity contribution in [2.45, 2.75) is 24.9 Å². The van der Waals surface area contributed by atoms with E-state index in [0.717, 1.165) is 4.57 Å². The Hall–Kier alpha value is -1.25. The topological polar surface area (TPSA) is 84.3 Å². The van der Waals surface area contributed by atoms with Gasteiger partial charge in [0.15, 0.2) is 6.23 Å². The quantitative estimate of drug-likeness (QED) is 0.844. The van der Waals surface area contributed by atoms with Gasteiger partial charge in [-0.2, -0.15) is 0 Å². The van der Waals surface area contributed by atoms with Gasteiger partial charge in [0.05, 0.1) is 18.3 Å². The molecule has 0 bridgehead atoms. The number of alkyl halides is 1. The van der Waals surface area contributed by atoms with Crippen LogP contribution >= 0.6 is 15.9 Å². The summed E-state index contributed by atoms with van der Waals surface area (Å²) in [6.07, 6.45) is -0.522. The number of aromatic amines is 1. The number of hydrogen-bond donors (Lipinski definition) is 2. The van der Waals surface area contributed by atoms with E-state index in [-0.39, 0.29) is 18.6 Å². The smallest absolute Gasteiger partial charge is 0.330 e. The van der Waals surface area contributed by atoms with E-state index in [4.69, 9.17) is 9.84 Å². The monoisotopic (exact) mass is 334 g/mol. The minimum absolute atomic E-state index is 0.0103. The highest BCUT2D eigenvalue weighted by molar-refractivity contribution is 9.11. The van der Waals surface area contributed by atoms with E-state index in [2.05, 4.69) is 20.9 Å². The third-order valence-electron chi connectivity index (χ3n) is 2.85. The zero-order valence-corrected chi connectivity index (χ0v) is 11.3. The van der Waals surface area contributed by atoms with Crippen LogP contribution in [0.4, 0.5) is 4.39 Å². The Bertz CT molecular complexity index is 597. The van der Waals surface area contributed by atoms with Crippen molar-refractivity contribution in [2.24, 2.45) is 0 Å². The molecule has 6 nitrogen and oxygen atoms in total. The van der Waals surface area contributed by atoms with Gasteiger partial charge in [0, 0.05) is 12.6 Å². The molecule has 1 fully saturated rings. The molecule has 0 spiro atoms. The second kappa shape index (κ2) is 5.81. The number of nitrogens with zero attached hydrogens (tertiary/aromatic N) is 1. The maximum atomic E-state index is 13.8. The van der Waals surface area contributed by atoms with Crippen LogP contribution in [-0.2, 0) is 4.74 Å². The highest BCUT2D eigenvalue weighted by Crippen LogP contribution is 2.30. The lowest BCUT2D eigenvalue weighted by molar-refractivity contribution is -0.0394. The molecule has 0 unspecified atom stereocenters. The van der Waals surface area contributed by atoms with Crippen LogP contribution in [0.1, 0.15) is 18.2 Å². The van der Waals surface area contributed by atoms with Gasteiger partial charge in [-0.05, 0) is 11.1 Å². The van der Waals surface area contributed by atoms with Crippen LogP contribution in [-0.4, -0.2) is 33.5 Å². The molecule has 1 saturated heterocycles. The number of nitrogens with one attached hydrogen (secondary N) is 1. The van der Waals surface area contributed by atoms with Gasteiger partial charge in [-0.25, -0.2) is 9.18 Å². The van der Waals surface area contributed by atoms with Crippen molar-refractivity contribution < 1.29 is 14.2 Å². The second-order valence-corrected chi connectivity index (χ2v) is 4.66. The average molecular weight is 335 g/mol. The molecule has 2 N–H and O–H groups in total. The molecule has 0 aliphatic carbocycles. The fourth-order valence-corrected chi connectivity index (χ4v) is 2.22. The van der Waals surface area contributed by atoms with Gasteiger partial charge in [0.1, 0.15) is 6.17 Å². The molecule has 0 amide bonds. The summed E-state index contributed by atoms with van der Waals surface area (Å²) in [5.74, 6) is 0. The second-order valence-electron chi connectivity index (χ2n) is 4.13. The van der Waals surface area contributed by atoms with Crippen LogP contribution in [0, 0.1) is 0 Å². The third kappa shape index (κ3) is 2.85. The number of halogens is 2. The van der Waals surface area contributed by atoms with Crippen molar-refractivity contribution in [3.05, 3.63) is 37.6 Å². The van der Waals surface area contributed by atoms with Crippen molar-refractivity contribution in [2.75, 3.05) is 6.61 Å². The van der Waals surface area contributed by atoms with Gasteiger partial charge in [-0.15, -0.1) is 0 Å². The zero-order chi connectivity index (χ0) is 14.0. The van der Waals surface area contributed by atoms with Gasteiger partial charge in [-0.3, -0.25) is 14.3 Å². The molecular weight excluding hydrogens is 323 g/mol. The van der Waals surface area contributed by atoms with Crippen LogP contribution in [0.5, 0.6) is 0 Å². The fourth-order valence-electron chi connectivity index (χ4n) is 1.94. The summed E-state index contributed by atoms with van der Waals surface area (Å²) in [5.41, 5.74) is -1.12. The summed E-state index contributed by atoms with van der Waals surface area (Å²) < 4.78 is 20.0. The number of hydrogen-bond acceptors (Lipinski definition) is 4. The Balaban J connectivity index is 2.42. The summed E-state index contributed by atoms with van der Waals surface area (Å²) >= 11 is 3.02. The normalized spacial score (nSPS) is 27.2. The molecule has 1 aliphatic heterocycles. The SMILES string of the molecule is O=c1[nH]c(=O)n([C@@H]2O[C@H](CO)C[C@H]2F)cc1C=CBr. The van der Waals surface area contributed by atoms with Crippen molar-refractivity contribution in [3.8, 4) is 0 Å². The van der Waals surface area contributed by atoms with Crippen LogP contribution in [0.15, 0.2) is 20.8 Å². The summed E-state index contributed by atoms with van der Waals surface area (Å²) in [6.45, 7) is -0.316. The number of rotatable bonds is 3. The Morgan fingerprint density at radius 1 is 1.63 bits per heavy atom. The van der Waals surface area contributed by atoms with Gasteiger partial charge in [0.25, 0.3) is 5.56 Å². The first-order valence-electron chi connectivity index (χ1n) is 5.59. The highest BCUT2D eigenvalue weighted by Gasteiger charge is 2.37. The molecule has 1 aromatic rings. The number of aromatic nitrogens is 2. The van der Waals surface area contributed by atoms with Crippen molar-refractivity contribution in [3.63, 3.8) is 0 Å². The Morgan fingerprint density at radius 3 is 2.95 bits per heavy atom. The number of aliphatic hydroxyl groups excluding tert-OH is 1. The summed E-state index contributed by atoms with van der Waals surface area (Å²) in [6, 6.07) is 0. The fraction of sp³-hybridized carbons (Fsp3) is 0.455. The lowest BCUT2D eigenvalue weighted by Crippen LogP contribution is -2.35. The summed E-state index contributed by atoms with van der Waals surface area (Å²) in [5, 5.41) is 8.95. The lowest BCUT2D eigenvalue weighted by atomic mass is 10.2. The molecule has 8 heteroatoms. The van der Waals surface area contributed by atoms with Crippen LogP contribution in [0.3, 0.4) is 0 Å². The molecule has 0 radical (unpaired) electrons. The molecule has 0 aromatic carbocycles. The minimum atomic E-state index is -1.42. The minimum Gasteiger partial charge on any atom is -0.394 e. The van der Waals surface area contributed by atoms with E-state index in [1.165, 1.54) is 17.3 Å². The Kier molecular flexibility index (Phi) is 4.33. The predicted molar refractivity (Wildman–Crippen MR) is 69.8 cm³/mol. The lowest BCUT2D eigenvalue weighted by Gasteiger charge is -2.16. The molecule has 2 heterocycles. The van der Waals surface area contributed by atoms with Crippen molar-refractivity contribution >= 4 is 22.0 Å². The first-order valence-corrected chi connectivity index (χ1v) is 6.51. The van der Waals surface area contributed by atoms with Crippen LogP contribution < -0.4 is 11.2 Å². The molecule has 2 rings (SSSR count). The van der Waals surface area contributed by atoms with Crippen LogP contribution in [0.25, 0.3) is 6.08 Å². The Labute approximate surface area is 115 Å². The van der Waals surface area contributed by atoms with Gasteiger partial charge < -0.3 is 9.84 Å². The maximum Gasteiger partial charge on any atom is 0.330 e. The molecule has 19 heavy (non-hydrogen) atoms. The van der Waals surface area contributed by atoms with E-state index >= 15 is 0 Å². The van der Waals surface area contributed by atoms with E-state index in [9.17, 15) is 14.0 Å². The van der Waals surface area contributed by atoms with Gasteiger partial charge in [-0.1, -0.05) is 15.9 Å². The Morgan fingerprint density at radius 2 is 2.37 bits per heavy atom. The molecular formula is C11H12BrFN2O4. The van der Waals surface area contributed by atoms with Gasteiger partial charge in [0.2, 0.25) is 0 Å². The predicted octanol–water partition coefficient (Wildman–Crippen LogP) is 0.520. The first-order chi connectivity index (χ1) is 9.06. The summed E-state index contributed by atoms with van der Waals surface area (Å²) in [7, 11) is 0. The molecule has 1 aliphatic rings. The third-order valence-corrected chi connectivity index (χ3v) is 3.11. The zero-order valence-electron chi connectivity index (χ0n) is 9.75. The number of ether oxygens (including phenoxy) is 1. The van der Waals surface area contributed by atoms with E-state index < -0.39 is 29.8 Å². The van der Waals surface area contributed by atoms with E-state index in [1.54, 1.807) is 0 Å². The molecule has 3 atom stereocenters. The number of aliphatic hydroxyl groups is 1. The molecule has 104 valence electrons. The largest absolute Gasteiger partial charge is 0.394 e. The maximum absolute atomic E-state index is 13.8. The van der Waals surface area contributed by atoms with E-state index in [0.29, 0.717) is 0 Å². The van der Waals surface area contributed by atoms with E-state index in [1.807, 2.05) is 0 Å². The highest BCUT2D eigenvalue weighted by atomic mass is 79.9.